The predicted octanol–water partition coefficient (Wildman–Crippen LogP) is 3.23. The molecule has 136 valence electrons. The van der Waals surface area contributed by atoms with Gasteiger partial charge in [-0.25, -0.2) is 0 Å². The third-order valence-corrected chi connectivity index (χ3v) is 5.64. The second-order valence-corrected chi connectivity index (χ2v) is 7.13. The molecular weight excluding hydrogens is 420 g/mol. The Hall–Kier alpha value is -3.62. The van der Waals surface area contributed by atoms with Gasteiger partial charge in [0, 0.05) is 41.1 Å². The number of hydrogen-bond donors (Lipinski definition) is 2. The molecule has 0 spiro atoms. The molecule has 2 N–H and O–H groups in total. The second kappa shape index (κ2) is 6.84. The van der Waals surface area contributed by atoms with Crippen LogP contribution in [0.15, 0.2) is 57.6 Å². The standard InChI is InChI=1S/C20H13BrN6O/c1-27-6-5-11(7-16(27)28)19-14(9-23)17(15-10-24-26-20(15)25-19)13-4-2-3-12(8-22)18(13)21/h2-7,10,17H,1H3,(H2,24,25,26). The highest BCUT2D eigenvalue weighted by molar-refractivity contribution is 9.10. The van der Waals surface area contributed by atoms with Gasteiger partial charge in [0.25, 0.3) is 5.56 Å². The number of nitrogens with zero attached hydrogens (tertiary/aromatic N) is 4. The third-order valence-electron chi connectivity index (χ3n) is 4.76. The van der Waals surface area contributed by atoms with Crippen LogP contribution in [0.5, 0.6) is 0 Å². The number of allylic oxidation sites excluding steroid dienone is 1. The van der Waals surface area contributed by atoms with Crippen LogP contribution in [0.3, 0.4) is 0 Å². The number of H-pyrrole nitrogens is 1. The number of hydrogen-bond acceptors (Lipinski definition) is 5. The minimum atomic E-state index is -0.443. The average molecular weight is 433 g/mol. The number of halogens is 1. The zero-order valence-electron chi connectivity index (χ0n) is 14.7. The first-order valence-corrected chi connectivity index (χ1v) is 9.15. The summed E-state index contributed by atoms with van der Waals surface area (Å²) in [6, 6.07) is 13.1. The lowest BCUT2D eigenvalue weighted by Crippen LogP contribution is -2.20. The van der Waals surface area contributed by atoms with Crippen LogP contribution in [-0.2, 0) is 7.05 Å². The van der Waals surface area contributed by atoms with E-state index in [0.29, 0.717) is 32.7 Å². The maximum Gasteiger partial charge on any atom is 0.250 e. The van der Waals surface area contributed by atoms with Crippen LogP contribution in [0.1, 0.15) is 28.2 Å². The molecule has 1 unspecified atom stereocenters. The number of rotatable bonds is 2. The van der Waals surface area contributed by atoms with Gasteiger partial charge in [-0.05, 0) is 33.6 Å². The fraction of sp³-hybridized carbons (Fsp3) is 0.100. The highest BCUT2D eigenvalue weighted by Gasteiger charge is 2.33. The first-order valence-electron chi connectivity index (χ1n) is 8.35. The molecule has 1 aliphatic heterocycles. The number of anilines is 1. The van der Waals surface area contributed by atoms with Crippen molar-refractivity contribution in [2.24, 2.45) is 7.05 Å². The normalized spacial score (nSPS) is 15.4. The summed E-state index contributed by atoms with van der Waals surface area (Å²) in [6.07, 6.45) is 3.39. The van der Waals surface area contributed by atoms with Crippen molar-refractivity contribution in [3.8, 4) is 12.1 Å². The topological polar surface area (TPSA) is 110 Å². The van der Waals surface area contributed by atoms with Crippen LogP contribution in [-0.4, -0.2) is 14.8 Å². The Morgan fingerprint density at radius 3 is 2.75 bits per heavy atom. The number of aromatic amines is 1. The Kier molecular flexibility index (Phi) is 4.34. The van der Waals surface area contributed by atoms with Gasteiger partial charge in [-0.2, -0.15) is 15.6 Å². The molecule has 7 nitrogen and oxygen atoms in total. The van der Waals surface area contributed by atoms with Gasteiger partial charge >= 0.3 is 0 Å². The van der Waals surface area contributed by atoms with Crippen molar-refractivity contribution < 1.29 is 0 Å². The van der Waals surface area contributed by atoms with Gasteiger partial charge in [-0.1, -0.05) is 12.1 Å². The van der Waals surface area contributed by atoms with E-state index in [-0.39, 0.29) is 5.56 Å². The Balaban J connectivity index is 2.00. The fourth-order valence-corrected chi connectivity index (χ4v) is 3.92. The van der Waals surface area contributed by atoms with Crippen molar-refractivity contribution in [1.29, 1.82) is 10.5 Å². The molecule has 0 radical (unpaired) electrons. The first kappa shape index (κ1) is 17.8. The molecule has 1 aromatic carbocycles. The summed E-state index contributed by atoms with van der Waals surface area (Å²) in [5, 5.41) is 29.6. The largest absolute Gasteiger partial charge is 0.337 e. The fourth-order valence-electron chi connectivity index (χ4n) is 3.34. The minimum absolute atomic E-state index is 0.180. The second-order valence-electron chi connectivity index (χ2n) is 6.33. The van der Waals surface area contributed by atoms with Crippen LogP contribution in [0.4, 0.5) is 5.82 Å². The van der Waals surface area contributed by atoms with Gasteiger partial charge in [0.05, 0.1) is 28.8 Å². The zero-order valence-corrected chi connectivity index (χ0v) is 16.3. The van der Waals surface area contributed by atoms with Crippen LogP contribution in [0, 0.1) is 22.7 Å². The van der Waals surface area contributed by atoms with Gasteiger partial charge in [-0.15, -0.1) is 0 Å². The number of benzene rings is 1. The van der Waals surface area contributed by atoms with E-state index in [0.717, 1.165) is 11.1 Å². The van der Waals surface area contributed by atoms with E-state index in [1.165, 1.54) is 10.6 Å². The summed E-state index contributed by atoms with van der Waals surface area (Å²) >= 11 is 3.51. The van der Waals surface area contributed by atoms with E-state index in [2.05, 4.69) is 43.6 Å². The van der Waals surface area contributed by atoms with Crippen molar-refractivity contribution in [3.63, 3.8) is 0 Å². The Labute approximate surface area is 168 Å². The van der Waals surface area contributed by atoms with Crippen molar-refractivity contribution in [2.45, 2.75) is 5.92 Å². The molecule has 0 saturated carbocycles. The van der Waals surface area contributed by atoms with Gasteiger partial charge in [-0.3, -0.25) is 9.89 Å². The predicted molar refractivity (Wildman–Crippen MR) is 107 cm³/mol. The number of nitrogens with one attached hydrogen (secondary N) is 2. The van der Waals surface area contributed by atoms with Gasteiger partial charge < -0.3 is 9.88 Å². The van der Waals surface area contributed by atoms with Crippen molar-refractivity contribution in [3.05, 3.63) is 85.4 Å². The molecule has 3 heterocycles. The van der Waals surface area contributed by atoms with E-state index in [1.807, 2.05) is 6.07 Å². The Bertz CT molecular complexity index is 1270. The van der Waals surface area contributed by atoms with Gasteiger partial charge in [0.1, 0.15) is 6.07 Å². The Morgan fingerprint density at radius 2 is 2.04 bits per heavy atom. The van der Waals surface area contributed by atoms with Gasteiger partial charge in [0.2, 0.25) is 0 Å². The maximum atomic E-state index is 12.1. The quantitative estimate of drug-likeness (QED) is 0.645. The summed E-state index contributed by atoms with van der Waals surface area (Å²) in [4.78, 5) is 12.1. The molecule has 4 rings (SSSR count). The molecule has 1 atom stereocenters. The van der Waals surface area contributed by atoms with Crippen molar-refractivity contribution in [1.82, 2.24) is 14.8 Å². The molecule has 0 saturated heterocycles. The van der Waals surface area contributed by atoms with E-state index >= 15 is 0 Å². The van der Waals surface area contributed by atoms with Crippen molar-refractivity contribution in [2.75, 3.05) is 5.32 Å². The summed E-state index contributed by atoms with van der Waals surface area (Å²) in [7, 11) is 1.67. The molecule has 28 heavy (non-hydrogen) atoms. The minimum Gasteiger partial charge on any atom is -0.337 e. The van der Waals surface area contributed by atoms with E-state index < -0.39 is 5.92 Å². The molecule has 8 heteroatoms. The SMILES string of the molecule is Cn1ccc(C2=C(C#N)C(c3cccc(C#N)c3Br)c3c[nH]nc3N2)cc1=O. The third kappa shape index (κ3) is 2.72. The molecular formula is C20H13BrN6O. The molecule has 0 aliphatic carbocycles. The van der Waals surface area contributed by atoms with E-state index in [4.69, 9.17) is 0 Å². The maximum absolute atomic E-state index is 12.1. The lowest BCUT2D eigenvalue weighted by atomic mass is 9.82. The molecule has 3 aromatic rings. The van der Waals surface area contributed by atoms with E-state index in [9.17, 15) is 15.3 Å². The molecule has 1 aliphatic rings. The lowest BCUT2D eigenvalue weighted by molar-refractivity contribution is 0.858. The number of aryl methyl sites for hydroxylation is 1. The summed E-state index contributed by atoms with van der Waals surface area (Å²) in [5.41, 5.74) is 3.44. The van der Waals surface area contributed by atoms with Crippen LogP contribution >= 0.6 is 15.9 Å². The van der Waals surface area contributed by atoms with Crippen LogP contribution in [0.2, 0.25) is 0 Å². The first-order chi connectivity index (χ1) is 13.5. The highest BCUT2D eigenvalue weighted by atomic mass is 79.9. The molecule has 2 aromatic heterocycles. The summed E-state index contributed by atoms with van der Waals surface area (Å²) < 4.78 is 2.09. The van der Waals surface area contributed by atoms with Crippen molar-refractivity contribution >= 4 is 27.4 Å². The number of aromatic nitrogens is 3. The number of pyridine rings is 1. The highest BCUT2D eigenvalue weighted by Crippen LogP contribution is 2.45. The van der Waals surface area contributed by atoms with Gasteiger partial charge in [0.15, 0.2) is 5.82 Å². The number of nitriles is 2. The monoisotopic (exact) mass is 432 g/mol. The van der Waals surface area contributed by atoms with Crippen LogP contribution in [0.25, 0.3) is 5.70 Å². The smallest absolute Gasteiger partial charge is 0.250 e. The summed E-state index contributed by atoms with van der Waals surface area (Å²) in [5.74, 6) is 0.135. The Morgan fingerprint density at radius 1 is 1.21 bits per heavy atom. The van der Waals surface area contributed by atoms with Crippen LogP contribution < -0.4 is 10.9 Å². The number of fused-ring (bicyclic) bond motifs is 1. The molecule has 0 fully saturated rings. The zero-order chi connectivity index (χ0) is 19.8. The molecule has 0 bridgehead atoms. The van der Waals surface area contributed by atoms with E-state index in [1.54, 1.807) is 37.6 Å². The lowest BCUT2D eigenvalue weighted by Gasteiger charge is -2.27. The molecule has 0 amide bonds. The summed E-state index contributed by atoms with van der Waals surface area (Å²) in [6.45, 7) is 0. The average Bonchev–Trinajstić information content (AvgIpc) is 3.17.